The number of aromatic nitrogens is 1. The zero-order valence-corrected chi connectivity index (χ0v) is 18.8. The standard InChI is InChI=1S/C23H24N2O6S/c1-28-13-21-24-19(14-32-21)23(27)31-12-20(26)25-22(15-4-8-17(29-2)9-5-15)16-6-10-18(30-3)11-7-16/h4-11,14,22H,12-13H2,1-3H3,(H,25,26). The molecule has 1 aromatic heterocycles. The summed E-state index contributed by atoms with van der Waals surface area (Å²) in [4.78, 5) is 29.0. The Labute approximate surface area is 190 Å². The fraction of sp³-hybridized carbons (Fsp3) is 0.261. The molecule has 1 N–H and O–H groups in total. The SMILES string of the molecule is COCc1nc(C(=O)OCC(=O)NC(c2ccc(OC)cc2)c2ccc(OC)cc2)cs1. The minimum atomic E-state index is -0.663. The fourth-order valence-electron chi connectivity index (χ4n) is 2.95. The third kappa shape index (κ3) is 6.05. The van der Waals surface area contributed by atoms with Crippen LogP contribution in [-0.2, 0) is 20.9 Å². The monoisotopic (exact) mass is 456 g/mol. The zero-order chi connectivity index (χ0) is 22.9. The van der Waals surface area contributed by atoms with Gasteiger partial charge in [0.2, 0.25) is 0 Å². The van der Waals surface area contributed by atoms with E-state index in [1.807, 2.05) is 48.5 Å². The van der Waals surface area contributed by atoms with E-state index in [1.165, 1.54) is 11.3 Å². The number of nitrogens with zero attached hydrogens (tertiary/aromatic N) is 1. The molecule has 2 aromatic carbocycles. The first kappa shape index (κ1) is 23.2. The predicted molar refractivity (Wildman–Crippen MR) is 119 cm³/mol. The van der Waals surface area contributed by atoms with Gasteiger partial charge in [-0.25, -0.2) is 9.78 Å². The van der Waals surface area contributed by atoms with Gasteiger partial charge in [0.25, 0.3) is 5.91 Å². The average molecular weight is 457 g/mol. The first-order chi connectivity index (χ1) is 15.5. The molecular formula is C23H24N2O6S. The zero-order valence-electron chi connectivity index (χ0n) is 18.0. The van der Waals surface area contributed by atoms with Gasteiger partial charge >= 0.3 is 5.97 Å². The van der Waals surface area contributed by atoms with Crippen molar-refractivity contribution >= 4 is 23.2 Å². The molecule has 0 saturated heterocycles. The van der Waals surface area contributed by atoms with Crippen LogP contribution in [0.3, 0.4) is 0 Å². The highest BCUT2D eigenvalue weighted by Gasteiger charge is 2.19. The third-order valence-corrected chi connectivity index (χ3v) is 5.39. The summed E-state index contributed by atoms with van der Waals surface area (Å²) in [6.45, 7) is -0.122. The maximum atomic E-state index is 12.6. The Hall–Kier alpha value is -3.43. The van der Waals surface area contributed by atoms with Crippen molar-refractivity contribution in [2.45, 2.75) is 12.6 Å². The fourth-order valence-corrected chi connectivity index (χ4v) is 3.69. The summed E-state index contributed by atoms with van der Waals surface area (Å²) >= 11 is 1.29. The van der Waals surface area contributed by atoms with Crippen LogP contribution in [0.4, 0.5) is 0 Å². The Kier molecular flexibility index (Phi) is 8.18. The number of carbonyl (C=O) groups is 2. The highest BCUT2D eigenvalue weighted by atomic mass is 32.1. The third-order valence-electron chi connectivity index (χ3n) is 4.57. The highest BCUT2D eigenvalue weighted by Crippen LogP contribution is 2.26. The minimum Gasteiger partial charge on any atom is -0.497 e. The Balaban J connectivity index is 1.69. The van der Waals surface area contributed by atoms with Crippen molar-refractivity contribution in [3.8, 4) is 11.5 Å². The molecule has 1 heterocycles. The van der Waals surface area contributed by atoms with E-state index in [1.54, 1.807) is 26.7 Å². The molecule has 0 bridgehead atoms. The lowest BCUT2D eigenvalue weighted by molar-refractivity contribution is -0.124. The number of esters is 1. The molecule has 0 atom stereocenters. The number of carbonyl (C=O) groups excluding carboxylic acids is 2. The lowest BCUT2D eigenvalue weighted by Crippen LogP contribution is -2.33. The van der Waals surface area contributed by atoms with Gasteiger partial charge in [0.1, 0.15) is 16.5 Å². The van der Waals surface area contributed by atoms with Crippen molar-refractivity contribution in [2.24, 2.45) is 0 Å². The molecule has 0 aliphatic heterocycles. The molecule has 0 aliphatic rings. The van der Waals surface area contributed by atoms with Crippen molar-refractivity contribution < 1.29 is 28.5 Å². The lowest BCUT2D eigenvalue weighted by Gasteiger charge is -2.20. The van der Waals surface area contributed by atoms with Crippen molar-refractivity contribution in [3.63, 3.8) is 0 Å². The van der Waals surface area contributed by atoms with Gasteiger partial charge in [-0.3, -0.25) is 4.79 Å². The van der Waals surface area contributed by atoms with Crippen LogP contribution in [0, 0.1) is 0 Å². The summed E-state index contributed by atoms with van der Waals surface area (Å²) in [7, 11) is 4.73. The van der Waals surface area contributed by atoms with E-state index in [-0.39, 0.29) is 5.69 Å². The molecule has 1 amide bonds. The van der Waals surface area contributed by atoms with Crippen LogP contribution in [0.5, 0.6) is 11.5 Å². The van der Waals surface area contributed by atoms with E-state index in [2.05, 4.69) is 10.3 Å². The van der Waals surface area contributed by atoms with Crippen LogP contribution in [0.25, 0.3) is 0 Å². The Morgan fingerprint density at radius 1 is 0.938 bits per heavy atom. The van der Waals surface area contributed by atoms with Gasteiger partial charge in [-0.05, 0) is 35.4 Å². The summed E-state index contributed by atoms with van der Waals surface area (Å²) in [5, 5.41) is 5.15. The second-order valence-corrected chi connectivity index (χ2v) is 7.63. The van der Waals surface area contributed by atoms with Crippen LogP contribution < -0.4 is 14.8 Å². The predicted octanol–water partition coefficient (Wildman–Crippen LogP) is 3.37. The second-order valence-electron chi connectivity index (χ2n) is 6.68. The van der Waals surface area contributed by atoms with Crippen molar-refractivity contribution in [3.05, 3.63) is 75.7 Å². The smallest absolute Gasteiger partial charge is 0.358 e. The van der Waals surface area contributed by atoms with Crippen LogP contribution in [0.2, 0.25) is 0 Å². The number of methoxy groups -OCH3 is 3. The van der Waals surface area contributed by atoms with Gasteiger partial charge < -0.3 is 24.3 Å². The van der Waals surface area contributed by atoms with E-state index in [9.17, 15) is 9.59 Å². The number of thiazole rings is 1. The quantitative estimate of drug-likeness (QED) is 0.467. The minimum absolute atomic E-state index is 0.150. The van der Waals surface area contributed by atoms with E-state index in [0.29, 0.717) is 23.1 Å². The van der Waals surface area contributed by atoms with Gasteiger partial charge in [0.05, 0.1) is 26.9 Å². The molecule has 32 heavy (non-hydrogen) atoms. The van der Waals surface area contributed by atoms with E-state index >= 15 is 0 Å². The molecule has 168 valence electrons. The maximum Gasteiger partial charge on any atom is 0.358 e. The average Bonchev–Trinajstić information content (AvgIpc) is 3.30. The van der Waals surface area contributed by atoms with Crippen LogP contribution in [0.15, 0.2) is 53.9 Å². The van der Waals surface area contributed by atoms with E-state index in [4.69, 9.17) is 18.9 Å². The summed E-state index contributed by atoms with van der Waals surface area (Å²) in [5.41, 5.74) is 1.84. The number of hydrogen-bond donors (Lipinski definition) is 1. The number of nitrogens with one attached hydrogen (secondary N) is 1. The molecule has 0 aliphatic carbocycles. The molecule has 9 heteroatoms. The maximum absolute atomic E-state index is 12.6. The molecule has 0 fully saturated rings. The topological polar surface area (TPSA) is 96.0 Å². The normalized spacial score (nSPS) is 10.6. The first-order valence-electron chi connectivity index (χ1n) is 9.71. The first-order valence-corrected chi connectivity index (χ1v) is 10.6. The Morgan fingerprint density at radius 2 is 1.50 bits per heavy atom. The van der Waals surface area contributed by atoms with E-state index < -0.39 is 24.5 Å². The van der Waals surface area contributed by atoms with Crippen molar-refractivity contribution in [1.29, 1.82) is 0 Å². The van der Waals surface area contributed by atoms with Crippen LogP contribution >= 0.6 is 11.3 Å². The number of amides is 1. The van der Waals surface area contributed by atoms with E-state index in [0.717, 1.165) is 11.1 Å². The molecule has 8 nitrogen and oxygen atoms in total. The van der Waals surface area contributed by atoms with Gasteiger partial charge in [0.15, 0.2) is 12.3 Å². The van der Waals surface area contributed by atoms with Crippen molar-refractivity contribution in [1.82, 2.24) is 10.3 Å². The van der Waals surface area contributed by atoms with Gasteiger partial charge in [-0.15, -0.1) is 11.3 Å². The summed E-state index contributed by atoms with van der Waals surface area (Å²) in [6, 6.07) is 14.3. The molecule has 0 saturated carbocycles. The second kappa shape index (κ2) is 11.3. The summed E-state index contributed by atoms with van der Waals surface area (Å²) in [5.74, 6) is 0.309. The van der Waals surface area contributed by atoms with Gasteiger partial charge in [-0.2, -0.15) is 0 Å². The van der Waals surface area contributed by atoms with Gasteiger partial charge in [-0.1, -0.05) is 24.3 Å². The lowest BCUT2D eigenvalue weighted by atomic mass is 9.98. The number of benzene rings is 2. The number of ether oxygens (including phenoxy) is 4. The van der Waals surface area contributed by atoms with Crippen LogP contribution in [0.1, 0.15) is 32.7 Å². The molecule has 0 radical (unpaired) electrons. The Bertz CT molecular complexity index is 986. The Morgan fingerprint density at radius 3 is 2.00 bits per heavy atom. The van der Waals surface area contributed by atoms with Gasteiger partial charge in [0, 0.05) is 12.5 Å². The molecule has 3 aromatic rings. The number of rotatable bonds is 10. The molecular weight excluding hydrogens is 432 g/mol. The molecule has 0 spiro atoms. The molecule has 3 rings (SSSR count). The van der Waals surface area contributed by atoms with Crippen LogP contribution in [-0.4, -0.2) is 44.8 Å². The number of hydrogen-bond acceptors (Lipinski definition) is 8. The highest BCUT2D eigenvalue weighted by molar-refractivity contribution is 7.09. The largest absolute Gasteiger partial charge is 0.497 e. The summed E-state index contributed by atoms with van der Waals surface area (Å²) < 4.78 is 20.6. The summed E-state index contributed by atoms with van der Waals surface area (Å²) in [6.07, 6.45) is 0. The molecule has 0 unspecified atom stereocenters. The van der Waals surface area contributed by atoms with Crippen molar-refractivity contribution in [2.75, 3.05) is 27.9 Å².